The largest absolute Gasteiger partial charge is 0.382 e. The molecular formula is C34H29F6N7O2. The molecule has 49 heavy (non-hydrogen) atoms. The van der Waals surface area contributed by atoms with Gasteiger partial charge in [0.15, 0.2) is 5.82 Å². The highest BCUT2D eigenvalue weighted by Gasteiger charge is 2.47. The van der Waals surface area contributed by atoms with Crippen molar-refractivity contribution in [3.05, 3.63) is 94.1 Å². The average Bonchev–Trinajstić information content (AvgIpc) is 3.65. The Bertz CT molecular complexity index is 2160. The smallest absolute Gasteiger partial charge is 0.343 e. The molecule has 0 spiro atoms. The number of pyridine rings is 1. The first kappa shape index (κ1) is 33.5. The molecule has 1 unspecified atom stereocenters. The van der Waals surface area contributed by atoms with Crippen LogP contribution in [-0.4, -0.2) is 41.3 Å². The first-order valence-electron chi connectivity index (χ1n) is 15.0. The van der Waals surface area contributed by atoms with Gasteiger partial charge in [-0.25, -0.2) is 27.3 Å². The van der Waals surface area contributed by atoms with Crippen molar-refractivity contribution in [2.75, 3.05) is 5.73 Å². The number of nitrogens with one attached hydrogen (secondary N) is 1. The molecule has 3 heterocycles. The number of nitrogens with zero attached hydrogens (tertiary/aromatic N) is 5. The minimum atomic E-state index is -3.63. The summed E-state index contributed by atoms with van der Waals surface area (Å²) < 4.78 is 88.3. The van der Waals surface area contributed by atoms with Gasteiger partial charge in [0.25, 0.3) is 12.3 Å². The van der Waals surface area contributed by atoms with Gasteiger partial charge in [-0.15, -0.1) is 0 Å². The molecule has 0 saturated heterocycles. The van der Waals surface area contributed by atoms with Crippen LogP contribution in [0.15, 0.2) is 48.5 Å². The first-order chi connectivity index (χ1) is 23.0. The lowest BCUT2D eigenvalue weighted by Gasteiger charge is -2.23. The third kappa shape index (κ3) is 6.56. The monoisotopic (exact) mass is 681 g/mol. The van der Waals surface area contributed by atoms with Gasteiger partial charge in [-0.3, -0.25) is 4.68 Å². The Balaban J connectivity index is 1.56. The third-order valence-corrected chi connectivity index (χ3v) is 8.04. The van der Waals surface area contributed by atoms with E-state index in [1.807, 2.05) is 0 Å². The van der Waals surface area contributed by atoms with E-state index in [-0.39, 0.29) is 33.9 Å². The lowest BCUT2D eigenvalue weighted by atomic mass is 9.94. The lowest BCUT2D eigenvalue weighted by Crippen LogP contribution is -2.37. The number of carbonyl (C=O) groups is 1. The number of aliphatic hydroxyl groups is 1. The van der Waals surface area contributed by atoms with Crippen LogP contribution in [0.25, 0.3) is 22.0 Å². The van der Waals surface area contributed by atoms with Gasteiger partial charge >= 0.3 is 6.03 Å². The molecule has 1 aliphatic rings. The predicted octanol–water partition coefficient (Wildman–Crippen LogP) is 6.33. The molecule has 5 aromatic rings. The standard InChI is InChI=1S/C34H29F6N7O2/c1-33(2,49)11-9-20-7-8-21(22-5-4-6-24-28(22)46(3)45-31(24)41)26(42-20)25(15-17-13-18(35)16-19(36)14-17)43-32(48)47-29-23(10-12-34(29,39)40)27(44-47)30(37)38/h4-8,13-14,16,25,30,49H,10,12,15H2,1-3H3,(H2,41,45)(H,43,48). The highest BCUT2D eigenvalue weighted by atomic mass is 19.3. The van der Waals surface area contributed by atoms with Crippen LogP contribution in [0.4, 0.5) is 37.0 Å². The molecule has 3 aromatic heterocycles. The number of aromatic nitrogens is 5. The van der Waals surface area contributed by atoms with Crippen LogP contribution < -0.4 is 11.1 Å². The average molecular weight is 682 g/mol. The number of halogens is 6. The van der Waals surface area contributed by atoms with Crippen LogP contribution in [0.2, 0.25) is 0 Å². The second kappa shape index (κ2) is 12.3. The molecule has 1 aliphatic carbocycles. The highest BCUT2D eigenvalue weighted by molar-refractivity contribution is 6.00. The summed E-state index contributed by atoms with van der Waals surface area (Å²) in [7, 11) is 1.66. The van der Waals surface area contributed by atoms with E-state index in [9.17, 15) is 27.5 Å². The molecule has 0 saturated carbocycles. The van der Waals surface area contributed by atoms with Crippen LogP contribution in [0.3, 0.4) is 0 Å². The number of nitrogen functional groups attached to an aromatic ring is 1. The Morgan fingerprint density at radius 1 is 1.08 bits per heavy atom. The molecule has 2 aromatic carbocycles. The second-order valence-electron chi connectivity index (χ2n) is 12.3. The number of aryl methyl sites for hydroxylation is 1. The van der Waals surface area contributed by atoms with E-state index in [0.29, 0.717) is 28.1 Å². The zero-order valence-electron chi connectivity index (χ0n) is 26.3. The SMILES string of the molecule is Cn1nc(N)c2cccc(-c3ccc(C#CC(C)(C)O)nc3C(Cc3cc(F)cc(F)c3)NC(=O)n3nc(C(F)F)c4c3C(F)(F)CC4)c21. The normalized spacial score (nSPS) is 14.5. The summed E-state index contributed by atoms with van der Waals surface area (Å²) >= 11 is 0. The Hall–Kier alpha value is -5.36. The van der Waals surface area contributed by atoms with Gasteiger partial charge in [0.2, 0.25) is 0 Å². The van der Waals surface area contributed by atoms with Gasteiger partial charge in [0.05, 0.1) is 17.3 Å². The van der Waals surface area contributed by atoms with Crippen molar-refractivity contribution in [2.45, 2.75) is 57.1 Å². The number of rotatable bonds is 6. The van der Waals surface area contributed by atoms with E-state index in [4.69, 9.17) is 5.73 Å². The maximum atomic E-state index is 15.0. The Labute approximate surface area is 275 Å². The molecule has 1 atom stereocenters. The van der Waals surface area contributed by atoms with E-state index < -0.39 is 71.4 Å². The molecule has 0 aliphatic heterocycles. The van der Waals surface area contributed by atoms with E-state index >= 15 is 8.78 Å². The predicted molar refractivity (Wildman–Crippen MR) is 168 cm³/mol. The molecule has 0 radical (unpaired) electrons. The Morgan fingerprint density at radius 3 is 2.47 bits per heavy atom. The van der Waals surface area contributed by atoms with Crippen molar-refractivity contribution in [1.82, 2.24) is 29.9 Å². The molecule has 6 rings (SSSR count). The lowest BCUT2D eigenvalue weighted by molar-refractivity contribution is -0.00911. The summed E-state index contributed by atoms with van der Waals surface area (Å²) in [6.45, 7) is 2.91. The molecule has 1 amide bonds. The van der Waals surface area contributed by atoms with Crippen molar-refractivity contribution in [2.24, 2.45) is 7.05 Å². The summed E-state index contributed by atoms with van der Waals surface area (Å²) in [5.41, 5.74) is 4.10. The molecular weight excluding hydrogens is 652 g/mol. The number of fused-ring (bicyclic) bond motifs is 2. The van der Waals surface area contributed by atoms with E-state index in [1.54, 1.807) is 37.4 Å². The summed E-state index contributed by atoms with van der Waals surface area (Å²) in [5.74, 6) is 0.169. The second-order valence-corrected chi connectivity index (χ2v) is 12.3. The molecule has 9 nitrogen and oxygen atoms in total. The van der Waals surface area contributed by atoms with Crippen LogP contribution in [0.1, 0.15) is 66.6 Å². The van der Waals surface area contributed by atoms with Crippen molar-refractivity contribution >= 4 is 22.8 Å². The Kier molecular flexibility index (Phi) is 8.39. The van der Waals surface area contributed by atoms with Crippen molar-refractivity contribution < 1.29 is 36.2 Å². The molecule has 4 N–H and O–H groups in total. The van der Waals surface area contributed by atoms with E-state index in [2.05, 4.69) is 32.3 Å². The summed E-state index contributed by atoms with van der Waals surface area (Å²) in [6, 6.07) is 8.41. The van der Waals surface area contributed by atoms with Crippen molar-refractivity contribution in [1.29, 1.82) is 0 Å². The summed E-state index contributed by atoms with van der Waals surface area (Å²) in [5, 5.41) is 21.2. The number of benzene rings is 2. The first-order valence-corrected chi connectivity index (χ1v) is 15.0. The number of hydrogen-bond donors (Lipinski definition) is 3. The van der Waals surface area contributed by atoms with Crippen LogP contribution in [0, 0.1) is 23.5 Å². The maximum absolute atomic E-state index is 15.0. The number of alkyl halides is 4. The molecule has 15 heteroatoms. The van der Waals surface area contributed by atoms with Gasteiger partial charge in [0.1, 0.15) is 34.3 Å². The minimum Gasteiger partial charge on any atom is -0.382 e. The number of carbonyl (C=O) groups excluding carboxylic acids is 1. The van der Waals surface area contributed by atoms with E-state index in [1.165, 1.54) is 18.5 Å². The summed E-state index contributed by atoms with van der Waals surface area (Å²) in [6.07, 6.45) is -4.76. The zero-order chi connectivity index (χ0) is 35.4. The fourth-order valence-electron chi connectivity index (χ4n) is 6.04. The number of para-hydroxylation sites is 1. The van der Waals surface area contributed by atoms with Crippen LogP contribution in [0.5, 0.6) is 0 Å². The highest BCUT2D eigenvalue weighted by Crippen LogP contribution is 2.45. The Morgan fingerprint density at radius 2 is 1.80 bits per heavy atom. The number of anilines is 1. The van der Waals surface area contributed by atoms with Gasteiger partial charge in [0, 0.05) is 41.6 Å². The minimum absolute atomic E-state index is 0.0517. The zero-order valence-corrected chi connectivity index (χ0v) is 26.3. The molecule has 0 bridgehead atoms. The quantitative estimate of drug-likeness (QED) is 0.142. The molecule has 254 valence electrons. The van der Waals surface area contributed by atoms with Crippen LogP contribution in [-0.2, 0) is 25.8 Å². The number of amides is 1. The summed E-state index contributed by atoms with van der Waals surface area (Å²) in [4.78, 5) is 18.5. The molecule has 0 fully saturated rings. The number of hydrogen-bond acceptors (Lipinski definition) is 6. The van der Waals surface area contributed by atoms with Gasteiger partial charge in [-0.2, -0.15) is 23.7 Å². The fourth-order valence-corrected chi connectivity index (χ4v) is 6.04. The van der Waals surface area contributed by atoms with E-state index in [0.717, 1.165) is 12.1 Å². The van der Waals surface area contributed by atoms with Gasteiger partial charge < -0.3 is 16.2 Å². The van der Waals surface area contributed by atoms with Crippen molar-refractivity contribution in [3.63, 3.8) is 0 Å². The topological polar surface area (TPSA) is 124 Å². The van der Waals surface area contributed by atoms with Crippen LogP contribution >= 0.6 is 0 Å². The van der Waals surface area contributed by atoms with Gasteiger partial charge in [-0.05, 0) is 68.5 Å². The third-order valence-electron chi connectivity index (χ3n) is 8.04. The van der Waals surface area contributed by atoms with Crippen molar-refractivity contribution in [3.8, 4) is 23.0 Å². The maximum Gasteiger partial charge on any atom is 0.343 e. The number of nitrogens with two attached hydrogens (primary N) is 1. The fraction of sp³-hybridized carbons (Fsp3) is 0.294. The van der Waals surface area contributed by atoms with Gasteiger partial charge in [-0.1, -0.05) is 18.1 Å².